The van der Waals surface area contributed by atoms with E-state index in [0.29, 0.717) is 0 Å². The summed E-state index contributed by atoms with van der Waals surface area (Å²) in [7, 11) is 0. The molecule has 0 saturated heterocycles. The molecule has 2 aliphatic carbocycles. The van der Waals surface area contributed by atoms with Crippen LogP contribution in [0.1, 0.15) is 44.5 Å². The fourth-order valence-electron chi connectivity index (χ4n) is 13.6. The fourth-order valence-corrected chi connectivity index (χ4v) is 13.6. The molecule has 12 aromatic rings. The molecule has 0 radical (unpaired) electrons. The zero-order valence-electron chi connectivity index (χ0n) is 40.7. The third-order valence-corrected chi connectivity index (χ3v) is 16.6. The van der Waals surface area contributed by atoms with Gasteiger partial charge in [-0.05, 0) is 110 Å². The molecule has 0 fully saturated rings. The molecule has 0 bridgehead atoms. The molecule has 2 spiro atoms. The first-order valence-electron chi connectivity index (χ1n) is 25.9. The Morgan fingerprint density at radius 3 is 1.35 bits per heavy atom. The zero-order chi connectivity index (χ0) is 49.2. The summed E-state index contributed by atoms with van der Waals surface area (Å²) in [6.45, 7) is 0. The largest absolute Gasteiger partial charge is 0.457 e. The lowest BCUT2D eigenvalue weighted by Gasteiger charge is -2.40. The van der Waals surface area contributed by atoms with Crippen LogP contribution in [0.3, 0.4) is 0 Å². The lowest BCUT2D eigenvalue weighted by molar-refractivity contribution is 0.436. The van der Waals surface area contributed by atoms with Crippen molar-refractivity contribution in [3.63, 3.8) is 0 Å². The minimum Gasteiger partial charge on any atom is -0.457 e. The van der Waals surface area contributed by atoms with Gasteiger partial charge in [-0.25, -0.2) is 0 Å². The molecule has 0 amide bonds. The maximum Gasteiger partial charge on any atom is 0.132 e. The average Bonchev–Trinajstić information content (AvgIpc) is 3.93. The van der Waals surface area contributed by atoms with E-state index in [0.717, 1.165) is 84.2 Å². The molecule has 0 N–H and O–H groups in total. The predicted molar refractivity (Wildman–Crippen MR) is 304 cm³/mol. The maximum absolute atomic E-state index is 6.85. The Kier molecular flexibility index (Phi) is 8.88. The molecule has 0 aromatic heterocycles. The summed E-state index contributed by atoms with van der Waals surface area (Å²) in [6.07, 6.45) is 0. The van der Waals surface area contributed by atoms with Crippen LogP contribution in [0.25, 0.3) is 55.3 Å². The third kappa shape index (κ3) is 5.70. The lowest BCUT2D eigenvalue weighted by Crippen LogP contribution is -2.32. The smallest absolute Gasteiger partial charge is 0.132 e. The molecule has 12 aromatic carbocycles. The van der Waals surface area contributed by atoms with Crippen molar-refractivity contribution >= 4 is 27.8 Å². The molecule has 0 unspecified atom stereocenters. The van der Waals surface area contributed by atoms with Crippen LogP contribution in [0.15, 0.2) is 273 Å². The first kappa shape index (κ1) is 41.9. The van der Waals surface area contributed by atoms with Crippen molar-refractivity contribution in [2.24, 2.45) is 0 Å². The second kappa shape index (κ2) is 15.9. The van der Waals surface area contributed by atoms with Gasteiger partial charge in [0.25, 0.3) is 0 Å². The van der Waals surface area contributed by atoms with E-state index in [-0.39, 0.29) is 0 Å². The van der Waals surface area contributed by atoms with Crippen molar-refractivity contribution in [2.45, 2.75) is 10.8 Å². The van der Waals surface area contributed by atoms with E-state index in [9.17, 15) is 0 Å². The van der Waals surface area contributed by atoms with Crippen molar-refractivity contribution in [3.8, 4) is 67.5 Å². The van der Waals surface area contributed by atoms with E-state index < -0.39 is 10.8 Å². The predicted octanol–water partition coefficient (Wildman–Crippen LogP) is 18.6. The lowest BCUT2D eigenvalue weighted by atomic mass is 9.66. The standard InChI is InChI=1S/C72H45NO2/c1-2-20-46(21-3-1)47-38-40-48(41-39-47)51-23-8-15-33-64(51)73(50-42-43-54-53-25-6-9-27-56(53)71(62(54)45-50)58-29-11-16-34-65(58)74-66-35-17-12-30-59(66)71)70-52-24-5-4-22-49(52)44-63-69(70)55-26-7-10-28-57(55)72(63)60-31-13-18-36-67(60)75-68-37-19-14-32-61(68)72/h1-45H. The summed E-state index contributed by atoms with van der Waals surface area (Å²) in [5.74, 6) is 3.48. The molecule has 2 heterocycles. The SMILES string of the molecule is c1ccc(-c2ccc(-c3ccccc3N(c3ccc4c(c3)C3(c5ccccc5Oc5ccccc53)c3ccccc3-4)c3c4c(cc5ccccc35)C3(c5ccccc5Oc5ccccc53)c3ccccc3-4)cc2)cc1. The van der Waals surface area contributed by atoms with Crippen LogP contribution in [0.4, 0.5) is 17.1 Å². The Morgan fingerprint density at radius 1 is 0.280 bits per heavy atom. The topological polar surface area (TPSA) is 21.7 Å². The summed E-state index contributed by atoms with van der Waals surface area (Å²) < 4.78 is 13.7. The van der Waals surface area contributed by atoms with Crippen LogP contribution in [0.5, 0.6) is 23.0 Å². The van der Waals surface area contributed by atoms with Gasteiger partial charge in [-0.15, -0.1) is 0 Å². The molecular weight excluding hydrogens is 911 g/mol. The van der Waals surface area contributed by atoms with Gasteiger partial charge in [0.15, 0.2) is 0 Å². The molecule has 3 heteroatoms. The van der Waals surface area contributed by atoms with Gasteiger partial charge in [0.05, 0.1) is 22.2 Å². The molecule has 0 saturated carbocycles. The Balaban J connectivity index is 1.04. The highest BCUT2D eigenvalue weighted by Crippen LogP contribution is 2.67. The molecule has 4 aliphatic rings. The van der Waals surface area contributed by atoms with Gasteiger partial charge in [0.2, 0.25) is 0 Å². The Bertz CT molecular complexity index is 4230. The Hall–Kier alpha value is -9.70. The number of fused-ring (bicyclic) bond motifs is 19. The first-order valence-corrected chi connectivity index (χ1v) is 25.9. The number of benzene rings is 12. The number of anilines is 3. The van der Waals surface area contributed by atoms with Gasteiger partial charge < -0.3 is 14.4 Å². The average molecular weight is 956 g/mol. The van der Waals surface area contributed by atoms with Crippen molar-refractivity contribution in [1.29, 1.82) is 0 Å². The zero-order valence-corrected chi connectivity index (χ0v) is 40.7. The van der Waals surface area contributed by atoms with E-state index in [2.05, 4.69) is 278 Å². The van der Waals surface area contributed by atoms with Crippen LogP contribution in [0.2, 0.25) is 0 Å². The highest BCUT2D eigenvalue weighted by molar-refractivity contribution is 6.12. The fraction of sp³-hybridized carbons (Fsp3) is 0.0278. The minimum absolute atomic E-state index is 0.668. The van der Waals surface area contributed by atoms with Crippen LogP contribution in [0, 0.1) is 0 Å². The van der Waals surface area contributed by atoms with Gasteiger partial charge >= 0.3 is 0 Å². The van der Waals surface area contributed by atoms with Gasteiger partial charge in [-0.3, -0.25) is 0 Å². The summed E-state index contributed by atoms with van der Waals surface area (Å²) >= 11 is 0. The molecule has 350 valence electrons. The van der Waals surface area contributed by atoms with E-state index in [1.165, 1.54) is 55.6 Å². The third-order valence-electron chi connectivity index (χ3n) is 16.6. The summed E-state index contributed by atoms with van der Waals surface area (Å²) in [5.41, 5.74) is 20.9. The van der Waals surface area contributed by atoms with E-state index in [1.807, 2.05) is 0 Å². The second-order valence-corrected chi connectivity index (χ2v) is 20.2. The summed E-state index contributed by atoms with van der Waals surface area (Å²) in [4.78, 5) is 2.60. The maximum atomic E-state index is 6.85. The quantitative estimate of drug-likeness (QED) is 0.172. The molecule has 0 atom stereocenters. The number of hydrogen-bond acceptors (Lipinski definition) is 3. The second-order valence-electron chi connectivity index (χ2n) is 20.2. The number of hydrogen-bond donors (Lipinski definition) is 0. The van der Waals surface area contributed by atoms with Crippen molar-refractivity contribution in [2.75, 3.05) is 4.90 Å². The van der Waals surface area contributed by atoms with Crippen LogP contribution in [-0.2, 0) is 10.8 Å². The van der Waals surface area contributed by atoms with Crippen LogP contribution in [-0.4, -0.2) is 0 Å². The Labute approximate surface area is 435 Å². The molecular formula is C72H45NO2. The number of rotatable bonds is 5. The number of ether oxygens (including phenoxy) is 2. The van der Waals surface area contributed by atoms with Gasteiger partial charge in [0, 0.05) is 44.5 Å². The highest BCUT2D eigenvalue weighted by Gasteiger charge is 2.54. The highest BCUT2D eigenvalue weighted by atomic mass is 16.5. The summed E-state index contributed by atoms with van der Waals surface area (Å²) in [6, 6.07) is 100. The molecule has 16 rings (SSSR count). The Morgan fingerprint density at radius 2 is 0.720 bits per heavy atom. The van der Waals surface area contributed by atoms with Crippen molar-refractivity contribution in [1.82, 2.24) is 0 Å². The number of para-hydroxylation sites is 5. The molecule has 2 aliphatic heterocycles. The van der Waals surface area contributed by atoms with Crippen LogP contribution >= 0.6 is 0 Å². The number of nitrogens with zero attached hydrogens (tertiary/aromatic N) is 1. The van der Waals surface area contributed by atoms with E-state index in [1.54, 1.807) is 0 Å². The monoisotopic (exact) mass is 955 g/mol. The van der Waals surface area contributed by atoms with Crippen LogP contribution < -0.4 is 14.4 Å². The summed E-state index contributed by atoms with van der Waals surface area (Å²) in [5, 5.41) is 2.32. The molecule has 75 heavy (non-hydrogen) atoms. The normalized spacial score (nSPS) is 14.0. The van der Waals surface area contributed by atoms with Gasteiger partial charge in [-0.1, -0.05) is 224 Å². The van der Waals surface area contributed by atoms with E-state index >= 15 is 0 Å². The van der Waals surface area contributed by atoms with Gasteiger partial charge in [-0.2, -0.15) is 0 Å². The minimum atomic E-state index is -0.687. The van der Waals surface area contributed by atoms with E-state index in [4.69, 9.17) is 9.47 Å². The van der Waals surface area contributed by atoms with Crippen molar-refractivity contribution in [3.05, 3.63) is 317 Å². The first-order chi connectivity index (χ1) is 37.2. The molecule has 3 nitrogen and oxygen atoms in total. The van der Waals surface area contributed by atoms with Crippen molar-refractivity contribution < 1.29 is 9.47 Å². The van der Waals surface area contributed by atoms with Gasteiger partial charge in [0.1, 0.15) is 23.0 Å².